The van der Waals surface area contributed by atoms with Crippen molar-refractivity contribution in [3.8, 4) is 0 Å². The van der Waals surface area contributed by atoms with Crippen LogP contribution >= 0.6 is 11.3 Å². The van der Waals surface area contributed by atoms with E-state index in [2.05, 4.69) is 10.2 Å². The van der Waals surface area contributed by atoms with Crippen LogP contribution in [0.15, 0.2) is 0 Å². The summed E-state index contributed by atoms with van der Waals surface area (Å²) in [6, 6.07) is 0. The maximum atomic E-state index is 11.7. The third-order valence-electron chi connectivity index (χ3n) is 1.46. The number of nitrogen functional groups attached to an aromatic ring is 1. The number of anilines is 1. The fourth-order valence-electron chi connectivity index (χ4n) is 0.859. The van der Waals surface area contributed by atoms with Crippen molar-refractivity contribution >= 4 is 16.5 Å². The summed E-state index contributed by atoms with van der Waals surface area (Å²) in [5.74, 6) is 0. The molecule has 86 valence electrons. The molecule has 0 aliphatic heterocycles. The molecule has 0 unspecified atom stereocenters. The van der Waals surface area contributed by atoms with E-state index in [1.54, 1.807) is 0 Å². The predicted octanol–water partition coefficient (Wildman–Crippen LogP) is 1.98. The average Bonchev–Trinajstić information content (AvgIpc) is 2.49. The minimum absolute atomic E-state index is 0.0439. The SMILES string of the molecule is Nc1nnc(COCCCC(F)(F)F)s1. The van der Waals surface area contributed by atoms with Crippen molar-refractivity contribution in [3.63, 3.8) is 0 Å². The first-order valence-corrected chi connectivity index (χ1v) is 5.01. The summed E-state index contributed by atoms with van der Waals surface area (Å²) in [6.07, 6.45) is -4.99. The van der Waals surface area contributed by atoms with Crippen molar-refractivity contribution in [1.82, 2.24) is 10.2 Å². The third kappa shape index (κ3) is 5.53. The van der Waals surface area contributed by atoms with Crippen molar-refractivity contribution in [2.75, 3.05) is 12.3 Å². The van der Waals surface area contributed by atoms with Crippen LogP contribution in [-0.4, -0.2) is 23.0 Å². The van der Waals surface area contributed by atoms with Crippen LogP contribution in [0, 0.1) is 0 Å². The van der Waals surface area contributed by atoms with Gasteiger partial charge < -0.3 is 10.5 Å². The Labute approximate surface area is 88.3 Å². The molecule has 1 rings (SSSR count). The lowest BCUT2D eigenvalue weighted by Crippen LogP contribution is -2.08. The van der Waals surface area contributed by atoms with Gasteiger partial charge in [0.1, 0.15) is 11.6 Å². The number of hydrogen-bond acceptors (Lipinski definition) is 5. The Kier molecular flexibility index (Phi) is 4.28. The second-order valence-electron chi connectivity index (χ2n) is 2.81. The lowest BCUT2D eigenvalue weighted by atomic mass is 10.3. The van der Waals surface area contributed by atoms with E-state index < -0.39 is 12.6 Å². The Morgan fingerprint density at radius 1 is 1.33 bits per heavy atom. The number of ether oxygens (including phenoxy) is 1. The molecule has 1 heterocycles. The Balaban J connectivity index is 2.07. The second kappa shape index (κ2) is 5.26. The van der Waals surface area contributed by atoms with Crippen LogP contribution in [-0.2, 0) is 11.3 Å². The number of hydrogen-bond donors (Lipinski definition) is 1. The molecule has 0 spiro atoms. The third-order valence-corrected chi connectivity index (χ3v) is 2.18. The lowest BCUT2D eigenvalue weighted by molar-refractivity contribution is -0.138. The topological polar surface area (TPSA) is 61.0 Å². The largest absolute Gasteiger partial charge is 0.389 e. The first-order valence-electron chi connectivity index (χ1n) is 4.20. The first kappa shape index (κ1) is 12.2. The molecule has 0 bridgehead atoms. The smallest absolute Gasteiger partial charge is 0.374 e. The van der Waals surface area contributed by atoms with Gasteiger partial charge in [-0.05, 0) is 6.42 Å². The number of alkyl halides is 3. The van der Waals surface area contributed by atoms with Gasteiger partial charge in [0.15, 0.2) is 0 Å². The highest BCUT2D eigenvalue weighted by Crippen LogP contribution is 2.21. The predicted molar refractivity (Wildman–Crippen MR) is 49.3 cm³/mol. The molecule has 0 saturated carbocycles. The zero-order valence-electron chi connectivity index (χ0n) is 7.75. The molecule has 1 aromatic heterocycles. The Morgan fingerprint density at radius 2 is 2.07 bits per heavy atom. The van der Waals surface area contributed by atoms with Crippen LogP contribution in [0.25, 0.3) is 0 Å². The molecule has 2 N–H and O–H groups in total. The zero-order valence-corrected chi connectivity index (χ0v) is 8.57. The molecule has 0 amide bonds. The van der Waals surface area contributed by atoms with E-state index in [0.29, 0.717) is 10.1 Å². The highest BCUT2D eigenvalue weighted by atomic mass is 32.1. The van der Waals surface area contributed by atoms with Gasteiger partial charge in [-0.3, -0.25) is 0 Å². The van der Waals surface area contributed by atoms with Gasteiger partial charge in [-0.2, -0.15) is 13.2 Å². The normalized spacial score (nSPS) is 11.9. The average molecular weight is 241 g/mol. The lowest BCUT2D eigenvalue weighted by Gasteiger charge is -2.05. The summed E-state index contributed by atoms with van der Waals surface area (Å²) in [5, 5.41) is 8.09. The van der Waals surface area contributed by atoms with Crippen molar-refractivity contribution in [1.29, 1.82) is 0 Å². The Hall–Kier alpha value is -0.890. The number of halogens is 3. The maximum Gasteiger partial charge on any atom is 0.389 e. The Morgan fingerprint density at radius 3 is 2.60 bits per heavy atom. The van der Waals surface area contributed by atoms with Gasteiger partial charge >= 0.3 is 6.18 Å². The van der Waals surface area contributed by atoms with Crippen molar-refractivity contribution < 1.29 is 17.9 Å². The molecular formula is C7H10F3N3OS. The quantitative estimate of drug-likeness (QED) is 0.801. The van der Waals surface area contributed by atoms with E-state index >= 15 is 0 Å². The Bertz CT molecular complexity index is 302. The highest BCUT2D eigenvalue weighted by molar-refractivity contribution is 7.15. The van der Waals surface area contributed by atoms with Gasteiger partial charge in [0.2, 0.25) is 5.13 Å². The van der Waals surface area contributed by atoms with Crippen LogP contribution in [0.1, 0.15) is 17.8 Å². The van der Waals surface area contributed by atoms with Crippen molar-refractivity contribution in [2.24, 2.45) is 0 Å². The molecule has 0 atom stereocenters. The summed E-state index contributed by atoms with van der Waals surface area (Å²) in [6.45, 7) is 0.214. The molecule has 0 aliphatic rings. The molecule has 8 heteroatoms. The van der Waals surface area contributed by atoms with E-state index in [4.69, 9.17) is 10.5 Å². The standard InChI is InChI=1S/C7H10F3N3OS/c8-7(9,10)2-1-3-14-4-5-12-13-6(11)15-5/h1-4H2,(H2,11,13). The van der Waals surface area contributed by atoms with Gasteiger partial charge in [-0.15, -0.1) is 10.2 Å². The molecule has 0 aromatic carbocycles. The maximum absolute atomic E-state index is 11.7. The highest BCUT2D eigenvalue weighted by Gasteiger charge is 2.25. The van der Waals surface area contributed by atoms with Gasteiger partial charge in [0.25, 0.3) is 0 Å². The number of nitrogens with zero attached hydrogens (tertiary/aromatic N) is 2. The molecule has 0 aliphatic carbocycles. The number of nitrogens with two attached hydrogens (primary N) is 1. The number of rotatable bonds is 5. The van der Waals surface area contributed by atoms with Gasteiger partial charge in [0.05, 0.1) is 0 Å². The molecule has 1 aromatic rings. The fourth-order valence-corrected chi connectivity index (χ4v) is 1.41. The van der Waals surface area contributed by atoms with Crippen LogP contribution in [0.3, 0.4) is 0 Å². The molecule has 4 nitrogen and oxygen atoms in total. The summed E-state index contributed by atoms with van der Waals surface area (Å²) in [4.78, 5) is 0. The van der Waals surface area contributed by atoms with E-state index in [-0.39, 0.29) is 19.6 Å². The van der Waals surface area contributed by atoms with E-state index in [9.17, 15) is 13.2 Å². The summed E-state index contributed by atoms with van der Waals surface area (Å²) < 4.78 is 40.1. The van der Waals surface area contributed by atoms with E-state index in [1.807, 2.05) is 0 Å². The number of aromatic nitrogens is 2. The molecule has 0 radical (unpaired) electrons. The van der Waals surface area contributed by atoms with Crippen molar-refractivity contribution in [3.05, 3.63) is 5.01 Å². The van der Waals surface area contributed by atoms with Crippen LogP contribution in [0.4, 0.5) is 18.3 Å². The summed E-state index contributed by atoms with van der Waals surface area (Å²) in [7, 11) is 0. The van der Waals surface area contributed by atoms with Crippen LogP contribution in [0.5, 0.6) is 0 Å². The van der Waals surface area contributed by atoms with Gasteiger partial charge in [0, 0.05) is 13.0 Å². The molecule has 0 fully saturated rings. The monoisotopic (exact) mass is 241 g/mol. The minimum Gasteiger partial charge on any atom is -0.374 e. The van der Waals surface area contributed by atoms with Gasteiger partial charge in [-0.25, -0.2) is 0 Å². The van der Waals surface area contributed by atoms with Gasteiger partial charge in [-0.1, -0.05) is 11.3 Å². The minimum atomic E-state index is -4.11. The van der Waals surface area contributed by atoms with Crippen molar-refractivity contribution in [2.45, 2.75) is 25.6 Å². The first-order chi connectivity index (χ1) is 6.97. The second-order valence-corrected chi connectivity index (χ2v) is 3.90. The zero-order chi connectivity index (χ0) is 11.3. The van der Waals surface area contributed by atoms with Crippen LogP contribution < -0.4 is 5.73 Å². The summed E-state index contributed by atoms with van der Waals surface area (Å²) in [5.41, 5.74) is 5.31. The molecule has 0 saturated heterocycles. The van der Waals surface area contributed by atoms with E-state index in [0.717, 1.165) is 11.3 Å². The fraction of sp³-hybridized carbons (Fsp3) is 0.714. The summed E-state index contributed by atoms with van der Waals surface area (Å²) >= 11 is 1.16. The van der Waals surface area contributed by atoms with E-state index in [1.165, 1.54) is 0 Å². The molecular weight excluding hydrogens is 231 g/mol. The van der Waals surface area contributed by atoms with Crippen LogP contribution in [0.2, 0.25) is 0 Å². The molecule has 15 heavy (non-hydrogen) atoms.